The Balaban J connectivity index is 3.15. The van der Waals surface area contributed by atoms with E-state index in [0.717, 1.165) is 0 Å². The highest BCUT2D eigenvalue weighted by molar-refractivity contribution is 14.1. The third kappa shape index (κ3) is 12.2. The summed E-state index contributed by atoms with van der Waals surface area (Å²) in [4.78, 5) is 0. The molecule has 0 aliphatic heterocycles. The Morgan fingerprint density at radius 1 is 0.923 bits per heavy atom. The number of rotatable bonds is 8. The second-order valence-corrected chi connectivity index (χ2v) is 4.26. The molecule has 0 fully saturated rings. The molecule has 0 rings (SSSR count). The third-order valence-corrected chi connectivity index (χ3v) is 2.62. The molecule has 0 bridgehead atoms. The van der Waals surface area contributed by atoms with Gasteiger partial charge in [0, 0.05) is 0 Å². The Bertz CT molecular complexity index is 136. The molecule has 0 saturated heterocycles. The van der Waals surface area contributed by atoms with Crippen LogP contribution in [0.15, 0.2) is 24.3 Å². The van der Waals surface area contributed by atoms with Crippen LogP contribution in [0, 0.1) is 0 Å². The number of halogens is 1. The van der Waals surface area contributed by atoms with Crippen LogP contribution in [0.25, 0.3) is 0 Å². The normalized spacial score (nSPS) is 11.8. The molecular formula is C12H21I. The Kier molecular flexibility index (Phi) is 12.4. The van der Waals surface area contributed by atoms with E-state index in [1.807, 2.05) is 0 Å². The first kappa shape index (κ1) is 13.2. The van der Waals surface area contributed by atoms with Crippen molar-refractivity contribution in [3.05, 3.63) is 24.3 Å². The van der Waals surface area contributed by atoms with Crippen molar-refractivity contribution in [3.8, 4) is 0 Å². The molecule has 0 saturated carbocycles. The van der Waals surface area contributed by atoms with E-state index >= 15 is 0 Å². The van der Waals surface area contributed by atoms with Crippen LogP contribution in [-0.2, 0) is 0 Å². The number of hydrogen-bond acceptors (Lipinski definition) is 0. The molecule has 0 aromatic heterocycles. The van der Waals surface area contributed by atoms with Crippen LogP contribution < -0.4 is 0 Å². The Morgan fingerprint density at radius 2 is 1.54 bits per heavy atom. The molecule has 0 aliphatic carbocycles. The van der Waals surface area contributed by atoms with Gasteiger partial charge in [0.1, 0.15) is 0 Å². The van der Waals surface area contributed by atoms with Gasteiger partial charge in [0.05, 0.1) is 0 Å². The first-order valence-corrected chi connectivity index (χ1v) is 6.82. The fraction of sp³-hybridized carbons (Fsp3) is 0.667. The van der Waals surface area contributed by atoms with Gasteiger partial charge in [-0.25, -0.2) is 0 Å². The highest BCUT2D eigenvalue weighted by atomic mass is 127. The van der Waals surface area contributed by atoms with E-state index in [1.54, 1.807) is 0 Å². The summed E-state index contributed by atoms with van der Waals surface area (Å²) in [6.07, 6.45) is 16.7. The molecule has 0 N–H and O–H groups in total. The Labute approximate surface area is 96.6 Å². The average molecular weight is 292 g/mol. The maximum atomic E-state index is 2.43. The largest absolute Gasteiger partial charge is 0.0864 e. The van der Waals surface area contributed by atoms with Gasteiger partial charge >= 0.3 is 0 Å². The van der Waals surface area contributed by atoms with Gasteiger partial charge in [-0.05, 0) is 30.1 Å². The minimum Gasteiger partial charge on any atom is -0.0864 e. The van der Waals surface area contributed by atoms with Crippen molar-refractivity contribution in [2.24, 2.45) is 0 Å². The van der Waals surface area contributed by atoms with Crippen molar-refractivity contribution in [1.82, 2.24) is 0 Å². The Hall–Kier alpha value is 0.210. The zero-order valence-electron chi connectivity index (χ0n) is 8.64. The standard InChI is InChI=1S/C12H21I/c1-2-3-4-5-6-7-8-9-10-11-12-13/h5-8H,2-4,9-12H2,1H3/b6-5+,8-7+. The van der Waals surface area contributed by atoms with Gasteiger partial charge in [0.2, 0.25) is 0 Å². The fourth-order valence-electron chi connectivity index (χ4n) is 1.03. The molecule has 0 aliphatic rings. The molecule has 0 amide bonds. The maximum Gasteiger partial charge on any atom is -0.000462 e. The van der Waals surface area contributed by atoms with Crippen molar-refractivity contribution in [3.63, 3.8) is 0 Å². The molecule has 0 radical (unpaired) electrons. The van der Waals surface area contributed by atoms with Crippen LogP contribution in [0.1, 0.15) is 45.4 Å². The zero-order chi connectivity index (χ0) is 9.78. The molecule has 1 heteroatoms. The number of hydrogen-bond donors (Lipinski definition) is 0. The summed E-state index contributed by atoms with van der Waals surface area (Å²) in [7, 11) is 0. The van der Waals surface area contributed by atoms with Gasteiger partial charge in [-0.2, -0.15) is 0 Å². The van der Waals surface area contributed by atoms with Gasteiger partial charge in [0.15, 0.2) is 0 Å². The lowest BCUT2D eigenvalue weighted by atomic mass is 10.2. The first-order valence-electron chi connectivity index (χ1n) is 5.29. The van der Waals surface area contributed by atoms with Gasteiger partial charge in [-0.3, -0.25) is 0 Å². The summed E-state index contributed by atoms with van der Waals surface area (Å²) in [6, 6.07) is 0. The highest BCUT2D eigenvalue weighted by Crippen LogP contribution is 2.00. The summed E-state index contributed by atoms with van der Waals surface area (Å²) in [5.74, 6) is 0. The van der Waals surface area contributed by atoms with Gasteiger partial charge in [-0.15, -0.1) is 0 Å². The van der Waals surface area contributed by atoms with E-state index in [-0.39, 0.29) is 0 Å². The lowest BCUT2D eigenvalue weighted by Crippen LogP contribution is -1.72. The first-order chi connectivity index (χ1) is 6.41. The zero-order valence-corrected chi connectivity index (χ0v) is 10.8. The van der Waals surface area contributed by atoms with E-state index in [1.165, 1.54) is 43.0 Å². The second kappa shape index (κ2) is 12.2. The van der Waals surface area contributed by atoms with E-state index < -0.39 is 0 Å². The molecule has 0 spiro atoms. The summed E-state index contributed by atoms with van der Waals surface area (Å²) in [6.45, 7) is 2.23. The lowest BCUT2D eigenvalue weighted by Gasteiger charge is -1.89. The predicted molar refractivity (Wildman–Crippen MR) is 70.5 cm³/mol. The fourth-order valence-corrected chi connectivity index (χ4v) is 1.57. The van der Waals surface area contributed by atoms with Gasteiger partial charge in [0.25, 0.3) is 0 Å². The van der Waals surface area contributed by atoms with Gasteiger partial charge < -0.3 is 0 Å². The van der Waals surface area contributed by atoms with E-state index in [4.69, 9.17) is 0 Å². The van der Waals surface area contributed by atoms with Crippen molar-refractivity contribution in [2.75, 3.05) is 4.43 Å². The van der Waals surface area contributed by atoms with Crippen LogP contribution >= 0.6 is 22.6 Å². The van der Waals surface area contributed by atoms with Crippen molar-refractivity contribution in [2.45, 2.75) is 45.4 Å². The van der Waals surface area contributed by atoms with E-state index in [0.29, 0.717) is 0 Å². The summed E-state index contributed by atoms with van der Waals surface area (Å²) >= 11 is 2.43. The topological polar surface area (TPSA) is 0 Å². The lowest BCUT2D eigenvalue weighted by molar-refractivity contribution is 0.814. The van der Waals surface area contributed by atoms with Crippen LogP contribution in [0.3, 0.4) is 0 Å². The average Bonchev–Trinajstić information content (AvgIpc) is 2.16. The van der Waals surface area contributed by atoms with E-state index in [9.17, 15) is 0 Å². The maximum absolute atomic E-state index is 2.43. The van der Waals surface area contributed by atoms with E-state index in [2.05, 4.69) is 53.8 Å². The Morgan fingerprint density at radius 3 is 2.08 bits per heavy atom. The minimum atomic E-state index is 1.23. The molecule has 0 atom stereocenters. The summed E-state index contributed by atoms with van der Waals surface area (Å²) in [5, 5.41) is 0. The van der Waals surface area contributed by atoms with Crippen LogP contribution in [0.2, 0.25) is 0 Å². The molecule has 0 aromatic rings. The second-order valence-electron chi connectivity index (χ2n) is 3.18. The van der Waals surface area contributed by atoms with Crippen molar-refractivity contribution < 1.29 is 0 Å². The molecule has 0 nitrogen and oxygen atoms in total. The molecule has 0 aromatic carbocycles. The molecule has 13 heavy (non-hydrogen) atoms. The van der Waals surface area contributed by atoms with Crippen LogP contribution in [-0.4, -0.2) is 4.43 Å². The summed E-state index contributed by atoms with van der Waals surface area (Å²) < 4.78 is 1.29. The number of unbranched alkanes of at least 4 members (excludes halogenated alkanes) is 4. The monoisotopic (exact) mass is 292 g/mol. The summed E-state index contributed by atoms with van der Waals surface area (Å²) in [5.41, 5.74) is 0. The number of alkyl halides is 1. The minimum absolute atomic E-state index is 1.23. The molecule has 0 heterocycles. The molecule has 76 valence electrons. The SMILES string of the molecule is CCCC/C=C/C=C/CCCCI. The molecule has 0 unspecified atom stereocenters. The van der Waals surface area contributed by atoms with Crippen molar-refractivity contribution in [1.29, 1.82) is 0 Å². The third-order valence-electron chi connectivity index (χ3n) is 1.86. The molecular weight excluding hydrogens is 271 g/mol. The van der Waals surface area contributed by atoms with Crippen molar-refractivity contribution >= 4 is 22.6 Å². The van der Waals surface area contributed by atoms with Crippen LogP contribution in [0.4, 0.5) is 0 Å². The van der Waals surface area contributed by atoms with Gasteiger partial charge in [-0.1, -0.05) is 66.7 Å². The number of allylic oxidation sites excluding steroid dienone is 4. The quantitative estimate of drug-likeness (QED) is 0.258. The highest BCUT2D eigenvalue weighted by Gasteiger charge is 1.80. The smallest absolute Gasteiger partial charge is 0.000462 e. The predicted octanol–water partition coefficient (Wildman–Crippen LogP) is 4.89. The van der Waals surface area contributed by atoms with Crippen LogP contribution in [0.5, 0.6) is 0 Å².